The van der Waals surface area contributed by atoms with Gasteiger partial charge < -0.3 is 33.8 Å². The van der Waals surface area contributed by atoms with E-state index in [4.69, 9.17) is 37.0 Å². The highest BCUT2D eigenvalue weighted by atomic mass is 31.2. The Kier molecular flexibility index (Phi) is 75.4. The van der Waals surface area contributed by atoms with Gasteiger partial charge in [-0.15, -0.1) is 0 Å². The number of esters is 4. The zero-order chi connectivity index (χ0) is 75.5. The molecule has 0 fully saturated rings. The molecule has 0 rings (SSSR count). The summed E-state index contributed by atoms with van der Waals surface area (Å²) in [4.78, 5) is 72.9. The number of hydrogen-bond donors (Lipinski definition) is 3. The van der Waals surface area contributed by atoms with Gasteiger partial charge in [0.1, 0.15) is 19.3 Å². The standard InChI is InChI=1S/C84H164O17P2/c1-6-9-12-15-18-20-22-24-26-28-30-32-34-36-38-40-42-44-49-54-59-64-69-83(88)101-80(74-95-82(87)68-63-58-53-48-43-41-39-37-35-33-31-29-27-25-23-21-19-16-13-10-7-2)76-99-103(92,93)97-72-78(85)71-96-102(90,91)98-75-79(73-94-81(86)67-62-57-51-17-14-11-8-3)100-84(89)70-65-60-55-50-46-45-47-52-56-61-66-77(4)5/h77-80,85H,6-76H2,1-5H3,(H,90,91)(H,92,93)/t78-,79+,80+/m0/s1. The van der Waals surface area contributed by atoms with Gasteiger partial charge in [-0.1, -0.05) is 401 Å². The first-order chi connectivity index (χ1) is 50.0. The highest BCUT2D eigenvalue weighted by molar-refractivity contribution is 7.47. The van der Waals surface area contributed by atoms with Crippen LogP contribution in [-0.2, 0) is 65.4 Å². The summed E-state index contributed by atoms with van der Waals surface area (Å²) in [6.45, 7) is 7.28. The molecule has 0 saturated heterocycles. The number of carbonyl (C=O) groups excluding carboxylic acids is 4. The van der Waals surface area contributed by atoms with Crippen molar-refractivity contribution in [2.45, 2.75) is 470 Å². The molecule has 0 aromatic rings. The average Bonchev–Trinajstić information content (AvgIpc) is 0.912. The highest BCUT2D eigenvalue weighted by Gasteiger charge is 2.30. The van der Waals surface area contributed by atoms with Gasteiger partial charge in [0, 0.05) is 25.7 Å². The van der Waals surface area contributed by atoms with E-state index in [9.17, 15) is 43.2 Å². The lowest BCUT2D eigenvalue weighted by Crippen LogP contribution is -2.30. The lowest BCUT2D eigenvalue weighted by atomic mass is 10.0. The maximum atomic E-state index is 13.1. The normalized spacial score (nSPS) is 13.8. The number of carbonyl (C=O) groups is 4. The predicted molar refractivity (Wildman–Crippen MR) is 423 cm³/mol. The molecule has 0 aliphatic heterocycles. The van der Waals surface area contributed by atoms with E-state index in [2.05, 4.69) is 34.6 Å². The van der Waals surface area contributed by atoms with E-state index in [0.717, 1.165) is 109 Å². The molecule has 0 saturated carbocycles. The van der Waals surface area contributed by atoms with Gasteiger partial charge in [0.25, 0.3) is 0 Å². The van der Waals surface area contributed by atoms with Crippen LogP contribution in [0, 0.1) is 5.92 Å². The molecule has 0 spiro atoms. The molecule has 0 heterocycles. The van der Waals surface area contributed by atoms with Crippen LogP contribution in [0.25, 0.3) is 0 Å². The van der Waals surface area contributed by atoms with E-state index in [0.29, 0.717) is 25.7 Å². The maximum Gasteiger partial charge on any atom is 0.472 e. The Balaban J connectivity index is 5.14. The van der Waals surface area contributed by atoms with Crippen molar-refractivity contribution >= 4 is 39.5 Å². The van der Waals surface area contributed by atoms with Gasteiger partial charge in [0.2, 0.25) is 0 Å². The lowest BCUT2D eigenvalue weighted by Gasteiger charge is -2.21. The quantitative estimate of drug-likeness (QED) is 0.0222. The molecule has 2 unspecified atom stereocenters. The second kappa shape index (κ2) is 76.8. The molecule has 612 valence electrons. The third-order valence-electron chi connectivity index (χ3n) is 19.8. The van der Waals surface area contributed by atoms with Crippen molar-refractivity contribution in [1.29, 1.82) is 0 Å². The molecule has 3 N–H and O–H groups in total. The fraction of sp³-hybridized carbons (Fsp3) is 0.952. The minimum Gasteiger partial charge on any atom is -0.462 e. The lowest BCUT2D eigenvalue weighted by molar-refractivity contribution is -0.161. The number of aliphatic hydroxyl groups is 1. The van der Waals surface area contributed by atoms with Crippen LogP contribution in [0.5, 0.6) is 0 Å². The van der Waals surface area contributed by atoms with Crippen molar-refractivity contribution in [3.8, 4) is 0 Å². The second-order valence-corrected chi connectivity index (χ2v) is 33.6. The van der Waals surface area contributed by atoms with Crippen molar-refractivity contribution in [3.05, 3.63) is 0 Å². The topological polar surface area (TPSA) is 237 Å². The fourth-order valence-corrected chi connectivity index (χ4v) is 14.7. The molecular formula is C84H164O17P2. The Hall–Kier alpha value is -1.94. The van der Waals surface area contributed by atoms with Crippen LogP contribution >= 0.6 is 15.6 Å². The van der Waals surface area contributed by atoms with E-state index < -0.39 is 97.5 Å². The van der Waals surface area contributed by atoms with Crippen LogP contribution in [0.2, 0.25) is 0 Å². The number of phosphoric acid groups is 2. The summed E-state index contributed by atoms with van der Waals surface area (Å²) in [5.41, 5.74) is 0. The summed E-state index contributed by atoms with van der Waals surface area (Å²) in [6.07, 6.45) is 69.9. The highest BCUT2D eigenvalue weighted by Crippen LogP contribution is 2.45. The van der Waals surface area contributed by atoms with E-state index in [-0.39, 0.29) is 25.7 Å². The molecule has 0 radical (unpaired) electrons. The summed E-state index contributed by atoms with van der Waals surface area (Å²) >= 11 is 0. The number of unbranched alkanes of at least 4 members (excludes halogenated alkanes) is 56. The van der Waals surface area contributed by atoms with Crippen LogP contribution in [0.1, 0.15) is 452 Å². The van der Waals surface area contributed by atoms with Gasteiger partial charge >= 0.3 is 39.5 Å². The number of aliphatic hydroxyl groups excluding tert-OH is 1. The Labute approximate surface area is 632 Å². The SMILES string of the molecule is CCCCCCCCCCCCCCCCCCCCCCCCC(=O)O[C@H](COC(=O)CCCCCCCCCCCCCCCCCCCCCCC)COP(=O)(O)OC[C@@H](O)COP(=O)(O)OC[C@@H](COC(=O)CCCCCCCCC)OC(=O)CCCCCCCCCCCCC(C)C. The maximum absolute atomic E-state index is 13.1. The molecule has 5 atom stereocenters. The molecule has 0 aromatic heterocycles. The summed E-state index contributed by atoms with van der Waals surface area (Å²) in [5.74, 6) is -1.36. The van der Waals surface area contributed by atoms with Crippen molar-refractivity contribution in [3.63, 3.8) is 0 Å². The second-order valence-electron chi connectivity index (χ2n) is 30.7. The van der Waals surface area contributed by atoms with Gasteiger partial charge in [-0.05, 0) is 31.6 Å². The Morgan fingerprint density at radius 3 is 0.660 bits per heavy atom. The van der Waals surface area contributed by atoms with E-state index in [1.165, 1.54) is 263 Å². The summed E-state index contributed by atoms with van der Waals surface area (Å²) in [5, 5.41) is 10.6. The minimum atomic E-state index is -4.96. The van der Waals surface area contributed by atoms with E-state index in [1.807, 2.05) is 0 Å². The summed E-state index contributed by atoms with van der Waals surface area (Å²) < 4.78 is 68.7. The first kappa shape index (κ1) is 101. The Bertz CT molecular complexity index is 1960. The third kappa shape index (κ3) is 78.0. The third-order valence-corrected chi connectivity index (χ3v) is 21.7. The van der Waals surface area contributed by atoms with Crippen LogP contribution in [-0.4, -0.2) is 96.7 Å². The molecule has 17 nitrogen and oxygen atoms in total. The van der Waals surface area contributed by atoms with E-state index >= 15 is 0 Å². The Morgan fingerprint density at radius 1 is 0.262 bits per heavy atom. The van der Waals surface area contributed by atoms with Crippen LogP contribution in [0.4, 0.5) is 0 Å². The molecule has 0 aliphatic rings. The zero-order valence-corrected chi connectivity index (χ0v) is 69.3. The zero-order valence-electron chi connectivity index (χ0n) is 67.5. The van der Waals surface area contributed by atoms with Gasteiger partial charge in [-0.3, -0.25) is 37.3 Å². The number of rotatable bonds is 84. The molecule has 0 aromatic carbocycles. The van der Waals surface area contributed by atoms with E-state index in [1.54, 1.807) is 0 Å². The largest absolute Gasteiger partial charge is 0.472 e. The smallest absolute Gasteiger partial charge is 0.462 e. The molecule has 0 aliphatic carbocycles. The van der Waals surface area contributed by atoms with Crippen LogP contribution in [0.3, 0.4) is 0 Å². The molecular weight excluding hydrogens is 1340 g/mol. The van der Waals surface area contributed by atoms with Crippen molar-refractivity contribution < 1.29 is 80.2 Å². The monoisotopic (exact) mass is 1510 g/mol. The summed E-state index contributed by atoms with van der Waals surface area (Å²) in [6, 6.07) is 0. The number of phosphoric ester groups is 2. The molecule has 0 amide bonds. The molecule has 0 bridgehead atoms. The first-order valence-electron chi connectivity index (χ1n) is 43.6. The molecule has 19 heteroatoms. The van der Waals surface area contributed by atoms with Gasteiger partial charge in [0.15, 0.2) is 12.2 Å². The van der Waals surface area contributed by atoms with Gasteiger partial charge in [0.05, 0.1) is 26.4 Å². The first-order valence-corrected chi connectivity index (χ1v) is 46.6. The average molecular weight is 1510 g/mol. The van der Waals surface area contributed by atoms with Gasteiger partial charge in [-0.2, -0.15) is 0 Å². The van der Waals surface area contributed by atoms with Crippen molar-refractivity contribution in [2.75, 3.05) is 39.6 Å². The molecule has 103 heavy (non-hydrogen) atoms. The summed E-state index contributed by atoms with van der Waals surface area (Å²) in [7, 11) is -9.92. The number of ether oxygens (including phenoxy) is 4. The van der Waals surface area contributed by atoms with Crippen molar-refractivity contribution in [2.24, 2.45) is 5.92 Å². The fourth-order valence-electron chi connectivity index (χ4n) is 13.1. The Morgan fingerprint density at radius 2 is 0.447 bits per heavy atom. The van der Waals surface area contributed by atoms with Crippen molar-refractivity contribution in [1.82, 2.24) is 0 Å². The van der Waals surface area contributed by atoms with Gasteiger partial charge in [-0.25, -0.2) is 9.13 Å². The number of hydrogen-bond acceptors (Lipinski definition) is 15. The van der Waals surface area contributed by atoms with Crippen LogP contribution < -0.4 is 0 Å². The minimum absolute atomic E-state index is 0.106. The predicted octanol–water partition coefficient (Wildman–Crippen LogP) is 25.6. The van der Waals surface area contributed by atoms with Crippen LogP contribution in [0.15, 0.2) is 0 Å².